The second-order valence-electron chi connectivity index (χ2n) is 6.23. The first kappa shape index (κ1) is 16.4. The Labute approximate surface area is 142 Å². The summed E-state index contributed by atoms with van der Waals surface area (Å²) in [5, 5.41) is 2.90. The van der Waals surface area contributed by atoms with E-state index in [1.54, 1.807) is 12.4 Å². The highest BCUT2D eigenvalue weighted by atomic mass is 16.1. The van der Waals surface area contributed by atoms with Crippen LogP contribution in [0.3, 0.4) is 0 Å². The lowest BCUT2D eigenvalue weighted by atomic mass is 10.1. The van der Waals surface area contributed by atoms with Crippen molar-refractivity contribution in [2.75, 3.05) is 38.1 Å². The molecule has 0 atom stereocenters. The van der Waals surface area contributed by atoms with Crippen molar-refractivity contribution in [2.45, 2.75) is 13.5 Å². The molecule has 0 spiro atoms. The SMILES string of the molecule is Cc1ccc(CNC(=O)c2cnc(N3CCN(C)CC3)nc2)cc1. The normalized spacial score (nSPS) is 15.3. The van der Waals surface area contributed by atoms with Crippen LogP contribution in [0.4, 0.5) is 5.95 Å². The number of anilines is 1. The minimum absolute atomic E-state index is 0.152. The van der Waals surface area contributed by atoms with Crippen LogP contribution in [-0.2, 0) is 6.54 Å². The maximum absolute atomic E-state index is 12.2. The van der Waals surface area contributed by atoms with Crippen LogP contribution in [0, 0.1) is 6.92 Å². The number of carbonyl (C=O) groups excluding carboxylic acids is 1. The molecule has 1 amide bonds. The standard InChI is InChI=1S/C18H23N5O/c1-14-3-5-15(6-4-14)11-19-17(24)16-12-20-18(21-13-16)23-9-7-22(2)8-10-23/h3-6,12-13H,7-11H2,1-2H3,(H,19,24). The zero-order chi connectivity index (χ0) is 16.9. The molecule has 0 radical (unpaired) electrons. The average molecular weight is 325 g/mol. The maximum atomic E-state index is 12.2. The van der Waals surface area contributed by atoms with Crippen molar-refractivity contribution in [3.8, 4) is 0 Å². The van der Waals surface area contributed by atoms with Gasteiger partial charge in [0.2, 0.25) is 5.95 Å². The van der Waals surface area contributed by atoms with Gasteiger partial charge >= 0.3 is 0 Å². The molecule has 6 heteroatoms. The van der Waals surface area contributed by atoms with Crippen molar-refractivity contribution in [2.24, 2.45) is 0 Å². The summed E-state index contributed by atoms with van der Waals surface area (Å²) in [7, 11) is 2.11. The number of benzene rings is 1. The van der Waals surface area contributed by atoms with Gasteiger partial charge in [-0.25, -0.2) is 9.97 Å². The minimum Gasteiger partial charge on any atom is -0.348 e. The average Bonchev–Trinajstić information content (AvgIpc) is 2.62. The van der Waals surface area contributed by atoms with Crippen molar-refractivity contribution in [3.05, 3.63) is 53.3 Å². The van der Waals surface area contributed by atoms with Crippen molar-refractivity contribution in [1.82, 2.24) is 20.2 Å². The fourth-order valence-corrected chi connectivity index (χ4v) is 2.60. The topological polar surface area (TPSA) is 61.4 Å². The van der Waals surface area contributed by atoms with E-state index in [-0.39, 0.29) is 5.91 Å². The Balaban J connectivity index is 1.56. The Bertz CT molecular complexity index is 676. The molecule has 1 aliphatic rings. The largest absolute Gasteiger partial charge is 0.348 e. The van der Waals surface area contributed by atoms with Crippen LogP contribution in [0.15, 0.2) is 36.7 Å². The van der Waals surface area contributed by atoms with E-state index in [0.29, 0.717) is 18.1 Å². The van der Waals surface area contributed by atoms with Gasteiger partial charge in [0.05, 0.1) is 5.56 Å². The minimum atomic E-state index is -0.152. The number of nitrogens with one attached hydrogen (secondary N) is 1. The molecular formula is C18H23N5O. The Hall–Kier alpha value is -2.47. The summed E-state index contributed by atoms with van der Waals surface area (Å²) in [5.41, 5.74) is 2.77. The highest BCUT2D eigenvalue weighted by Crippen LogP contribution is 2.10. The second-order valence-corrected chi connectivity index (χ2v) is 6.23. The first-order chi connectivity index (χ1) is 11.6. The first-order valence-corrected chi connectivity index (χ1v) is 8.21. The number of hydrogen-bond donors (Lipinski definition) is 1. The molecule has 1 aromatic carbocycles. The van der Waals surface area contributed by atoms with Crippen LogP contribution in [0.5, 0.6) is 0 Å². The lowest BCUT2D eigenvalue weighted by Gasteiger charge is -2.32. The molecule has 1 aliphatic heterocycles. The van der Waals surface area contributed by atoms with Gasteiger partial charge in [0, 0.05) is 45.1 Å². The van der Waals surface area contributed by atoms with E-state index in [0.717, 1.165) is 31.7 Å². The number of nitrogens with zero attached hydrogens (tertiary/aromatic N) is 4. The maximum Gasteiger partial charge on any atom is 0.254 e. The van der Waals surface area contributed by atoms with Gasteiger partial charge in [-0.2, -0.15) is 0 Å². The van der Waals surface area contributed by atoms with E-state index in [1.165, 1.54) is 5.56 Å². The van der Waals surface area contributed by atoms with Crippen molar-refractivity contribution >= 4 is 11.9 Å². The third-order valence-electron chi connectivity index (χ3n) is 4.26. The molecule has 1 aromatic heterocycles. The van der Waals surface area contributed by atoms with Gasteiger partial charge < -0.3 is 15.1 Å². The fourth-order valence-electron chi connectivity index (χ4n) is 2.60. The van der Waals surface area contributed by atoms with E-state index in [1.807, 2.05) is 31.2 Å². The summed E-state index contributed by atoms with van der Waals surface area (Å²) in [6.07, 6.45) is 3.20. The second kappa shape index (κ2) is 7.40. The zero-order valence-corrected chi connectivity index (χ0v) is 14.2. The van der Waals surface area contributed by atoms with Gasteiger partial charge in [0.15, 0.2) is 0 Å². The lowest BCUT2D eigenvalue weighted by Crippen LogP contribution is -2.45. The van der Waals surface area contributed by atoms with E-state index in [2.05, 4.69) is 32.1 Å². The van der Waals surface area contributed by atoms with Crippen molar-refractivity contribution < 1.29 is 4.79 Å². The predicted octanol–water partition coefficient (Wildman–Crippen LogP) is 1.47. The summed E-state index contributed by atoms with van der Waals surface area (Å²) in [5.74, 6) is 0.540. The molecule has 2 aromatic rings. The monoisotopic (exact) mass is 325 g/mol. The van der Waals surface area contributed by atoms with Gasteiger partial charge in [-0.1, -0.05) is 29.8 Å². The Morgan fingerprint density at radius 3 is 2.33 bits per heavy atom. The third-order valence-corrected chi connectivity index (χ3v) is 4.26. The van der Waals surface area contributed by atoms with Gasteiger partial charge in [-0.15, -0.1) is 0 Å². The molecule has 126 valence electrons. The van der Waals surface area contributed by atoms with Crippen LogP contribution in [-0.4, -0.2) is 54.0 Å². The van der Waals surface area contributed by atoms with Gasteiger partial charge in [-0.05, 0) is 19.5 Å². The van der Waals surface area contributed by atoms with Crippen molar-refractivity contribution in [3.63, 3.8) is 0 Å². The van der Waals surface area contributed by atoms with Crippen LogP contribution < -0.4 is 10.2 Å². The Morgan fingerprint density at radius 2 is 1.71 bits per heavy atom. The molecule has 3 rings (SSSR count). The number of amides is 1. The number of piperazine rings is 1. The molecule has 6 nitrogen and oxygen atoms in total. The molecule has 0 bridgehead atoms. The van der Waals surface area contributed by atoms with Crippen LogP contribution in [0.25, 0.3) is 0 Å². The molecule has 1 fully saturated rings. The zero-order valence-electron chi connectivity index (χ0n) is 14.2. The molecule has 0 unspecified atom stereocenters. The summed E-state index contributed by atoms with van der Waals surface area (Å²) in [4.78, 5) is 25.3. The van der Waals surface area contributed by atoms with Crippen LogP contribution in [0.1, 0.15) is 21.5 Å². The van der Waals surface area contributed by atoms with Crippen LogP contribution in [0.2, 0.25) is 0 Å². The predicted molar refractivity (Wildman–Crippen MR) is 94.1 cm³/mol. The summed E-state index contributed by atoms with van der Waals surface area (Å²) in [6, 6.07) is 8.11. The van der Waals surface area contributed by atoms with E-state index >= 15 is 0 Å². The van der Waals surface area contributed by atoms with Gasteiger partial charge in [0.1, 0.15) is 0 Å². The number of hydrogen-bond acceptors (Lipinski definition) is 5. The third kappa shape index (κ3) is 4.08. The summed E-state index contributed by atoms with van der Waals surface area (Å²) in [6.45, 7) is 6.37. The smallest absolute Gasteiger partial charge is 0.254 e. The number of rotatable bonds is 4. The van der Waals surface area contributed by atoms with Crippen molar-refractivity contribution in [1.29, 1.82) is 0 Å². The van der Waals surface area contributed by atoms with E-state index < -0.39 is 0 Å². The molecule has 0 saturated carbocycles. The first-order valence-electron chi connectivity index (χ1n) is 8.21. The summed E-state index contributed by atoms with van der Waals surface area (Å²) < 4.78 is 0. The number of carbonyl (C=O) groups is 1. The van der Waals surface area contributed by atoms with Crippen LogP contribution >= 0.6 is 0 Å². The highest BCUT2D eigenvalue weighted by Gasteiger charge is 2.16. The molecular weight excluding hydrogens is 302 g/mol. The fraction of sp³-hybridized carbons (Fsp3) is 0.389. The van der Waals surface area contributed by atoms with Gasteiger partial charge in [-0.3, -0.25) is 4.79 Å². The lowest BCUT2D eigenvalue weighted by molar-refractivity contribution is 0.0950. The molecule has 1 saturated heterocycles. The number of aryl methyl sites for hydroxylation is 1. The molecule has 2 heterocycles. The number of likely N-dealkylation sites (N-methyl/N-ethyl adjacent to an activating group) is 1. The number of aromatic nitrogens is 2. The Morgan fingerprint density at radius 1 is 1.08 bits per heavy atom. The van der Waals surface area contributed by atoms with E-state index in [9.17, 15) is 4.79 Å². The molecule has 24 heavy (non-hydrogen) atoms. The molecule has 0 aliphatic carbocycles. The summed E-state index contributed by atoms with van der Waals surface area (Å²) >= 11 is 0. The highest BCUT2D eigenvalue weighted by molar-refractivity contribution is 5.93. The quantitative estimate of drug-likeness (QED) is 0.922. The van der Waals surface area contributed by atoms with E-state index in [4.69, 9.17) is 0 Å². The Kier molecular flexibility index (Phi) is 5.05. The molecule has 1 N–H and O–H groups in total. The van der Waals surface area contributed by atoms with Gasteiger partial charge in [0.25, 0.3) is 5.91 Å².